The van der Waals surface area contributed by atoms with E-state index in [4.69, 9.17) is 4.42 Å². The van der Waals surface area contributed by atoms with E-state index < -0.39 is 0 Å². The Morgan fingerprint density at radius 3 is 2.81 bits per heavy atom. The summed E-state index contributed by atoms with van der Waals surface area (Å²) in [6, 6.07) is 3.99. The van der Waals surface area contributed by atoms with Crippen LogP contribution in [0.5, 0.6) is 0 Å². The number of likely N-dealkylation sites (N-methyl/N-ethyl adjacent to an activating group) is 1. The van der Waals surface area contributed by atoms with Crippen LogP contribution in [0.2, 0.25) is 0 Å². The van der Waals surface area contributed by atoms with Crippen LogP contribution >= 0.6 is 0 Å². The molecule has 2 unspecified atom stereocenters. The Kier molecular flexibility index (Phi) is 5.05. The highest BCUT2D eigenvalue weighted by Gasteiger charge is 2.13. The molecule has 1 aromatic heterocycles. The van der Waals surface area contributed by atoms with Gasteiger partial charge in [-0.05, 0) is 32.4 Å². The van der Waals surface area contributed by atoms with Gasteiger partial charge in [-0.1, -0.05) is 0 Å². The standard InChI is InChI=1S/C12H20N2O2/c1-9(14-10(2)12(15)13-3)6-7-11-5-4-8-16-11/h4-5,8-10,14H,6-7H2,1-3H3,(H,13,15). The Morgan fingerprint density at radius 1 is 1.50 bits per heavy atom. The summed E-state index contributed by atoms with van der Waals surface area (Å²) in [6.07, 6.45) is 3.52. The predicted molar refractivity (Wildman–Crippen MR) is 63.2 cm³/mol. The lowest BCUT2D eigenvalue weighted by Crippen LogP contribution is -2.44. The molecular formula is C12H20N2O2. The summed E-state index contributed by atoms with van der Waals surface area (Å²) in [7, 11) is 1.65. The van der Waals surface area contributed by atoms with Gasteiger partial charge in [-0.2, -0.15) is 0 Å². The van der Waals surface area contributed by atoms with E-state index in [2.05, 4.69) is 17.6 Å². The predicted octanol–water partition coefficient (Wildman–Crippen LogP) is 1.32. The maximum atomic E-state index is 11.3. The van der Waals surface area contributed by atoms with Crippen molar-refractivity contribution in [3.8, 4) is 0 Å². The summed E-state index contributed by atoms with van der Waals surface area (Å²) in [5.41, 5.74) is 0. The first-order valence-electron chi connectivity index (χ1n) is 5.63. The Morgan fingerprint density at radius 2 is 2.25 bits per heavy atom. The van der Waals surface area contributed by atoms with Gasteiger partial charge < -0.3 is 15.1 Å². The van der Waals surface area contributed by atoms with Crippen molar-refractivity contribution in [2.24, 2.45) is 0 Å². The van der Waals surface area contributed by atoms with E-state index >= 15 is 0 Å². The zero-order valence-corrected chi connectivity index (χ0v) is 10.1. The second-order valence-corrected chi connectivity index (χ2v) is 4.02. The molecule has 0 fully saturated rings. The third-order valence-corrected chi connectivity index (χ3v) is 2.58. The largest absolute Gasteiger partial charge is 0.469 e. The van der Waals surface area contributed by atoms with Gasteiger partial charge >= 0.3 is 0 Å². The lowest BCUT2D eigenvalue weighted by molar-refractivity contribution is -0.122. The van der Waals surface area contributed by atoms with Crippen molar-refractivity contribution in [2.45, 2.75) is 38.8 Å². The molecule has 1 rings (SSSR count). The quantitative estimate of drug-likeness (QED) is 0.766. The minimum Gasteiger partial charge on any atom is -0.469 e. The minimum atomic E-state index is -0.156. The average Bonchev–Trinajstić information content (AvgIpc) is 2.78. The Hall–Kier alpha value is -1.29. The molecule has 2 N–H and O–H groups in total. The molecule has 0 aliphatic rings. The highest BCUT2D eigenvalue weighted by molar-refractivity contribution is 5.80. The van der Waals surface area contributed by atoms with Crippen molar-refractivity contribution in [2.75, 3.05) is 7.05 Å². The number of nitrogens with one attached hydrogen (secondary N) is 2. The van der Waals surface area contributed by atoms with Gasteiger partial charge in [-0.15, -0.1) is 0 Å². The van der Waals surface area contributed by atoms with Crippen molar-refractivity contribution in [3.63, 3.8) is 0 Å². The van der Waals surface area contributed by atoms with E-state index in [0.29, 0.717) is 0 Å². The monoisotopic (exact) mass is 224 g/mol. The first kappa shape index (κ1) is 12.8. The number of rotatable bonds is 6. The molecule has 16 heavy (non-hydrogen) atoms. The highest BCUT2D eigenvalue weighted by atomic mass is 16.3. The summed E-state index contributed by atoms with van der Waals surface area (Å²) in [5, 5.41) is 5.86. The third-order valence-electron chi connectivity index (χ3n) is 2.58. The fourth-order valence-electron chi connectivity index (χ4n) is 1.62. The Labute approximate surface area is 96.4 Å². The molecule has 0 aliphatic heterocycles. The Balaban J connectivity index is 2.25. The van der Waals surface area contributed by atoms with Crippen LogP contribution in [-0.4, -0.2) is 25.0 Å². The third kappa shape index (κ3) is 4.06. The summed E-state index contributed by atoms with van der Waals surface area (Å²) < 4.78 is 5.25. The average molecular weight is 224 g/mol. The van der Waals surface area contributed by atoms with E-state index in [-0.39, 0.29) is 18.0 Å². The van der Waals surface area contributed by atoms with Crippen molar-refractivity contribution in [1.82, 2.24) is 10.6 Å². The first-order chi connectivity index (χ1) is 7.63. The normalized spacial score (nSPS) is 14.4. The molecule has 4 nitrogen and oxygen atoms in total. The number of carbonyl (C=O) groups excluding carboxylic acids is 1. The van der Waals surface area contributed by atoms with Gasteiger partial charge in [0.05, 0.1) is 12.3 Å². The topological polar surface area (TPSA) is 54.3 Å². The van der Waals surface area contributed by atoms with Crippen LogP contribution in [0.4, 0.5) is 0 Å². The number of furan rings is 1. The number of carbonyl (C=O) groups is 1. The van der Waals surface area contributed by atoms with Gasteiger partial charge in [0.25, 0.3) is 0 Å². The number of hydrogen-bond donors (Lipinski definition) is 2. The molecule has 90 valence electrons. The molecule has 0 radical (unpaired) electrons. The van der Waals surface area contributed by atoms with Gasteiger partial charge in [0, 0.05) is 19.5 Å². The van der Waals surface area contributed by atoms with Gasteiger partial charge in [0.2, 0.25) is 5.91 Å². The van der Waals surface area contributed by atoms with Crippen molar-refractivity contribution >= 4 is 5.91 Å². The second-order valence-electron chi connectivity index (χ2n) is 4.02. The molecule has 1 aromatic rings. The smallest absolute Gasteiger partial charge is 0.236 e. The van der Waals surface area contributed by atoms with Crippen LogP contribution in [0, 0.1) is 0 Å². The van der Waals surface area contributed by atoms with E-state index in [1.54, 1.807) is 13.3 Å². The van der Waals surface area contributed by atoms with Crippen molar-refractivity contribution in [3.05, 3.63) is 24.2 Å². The van der Waals surface area contributed by atoms with Crippen LogP contribution in [0.3, 0.4) is 0 Å². The molecular weight excluding hydrogens is 204 g/mol. The zero-order chi connectivity index (χ0) is 12.0. The van der Waals surface area contributed by atoms with Crippen LogP contribution in [0.15, 0.2) is 22.8 Å². The summed E-state index contributed by atoms with van der Waals surface area (Å²) in [5.74, 6) is 1.01. The van der Waals surface area contributed by atoms with Crippen LogP contribution in [-0.2, 0) is 11.2 Å². The maximum Gasteiger partial charge on any atom is 0.236 e. The summed E-state index contributed by atoms with van der Waals surface area (Å²) in [6.45, 7) is 3.94. The van der Waals surface area contributed by atoms with Gasteiger partial charge in [-0.25, -0.2) is 0 Å². The second kappa shape index (κ2) is 6.33. The van der Waals surface area contributed by atoms with Crippen LogP contribution in [0.25, 0.3) is 0 Å². The molecule has 2 atom stereocenters. The minimum absolute atomic E-state index is 0.0184. The summed E-state index contributed by atoms with van der Waals surface area (Å²) >= 11 is 0. The first-order valence-corrected chi connectivity index (χ1v) is 5.63. The molecule has 0 spiro atoms. The summed E-state index contributed by atoms with van der Waals surface area (Å²) in [4.78, 5) is 11.3. The molecule has 0 aromatic carbocycles. The Bertz CT molecular complexity index is 309. The fraction of sp³-hybridized carbons (Fsp3) is 0.583. The van der Waals surface area contributed by atoms with Crippen molar-refractivity contribution < 1.29 is 9.21 Å². The molecule has 4 heteroatoms. The number of amides is 1. The molecule has 1 heterocycles. The van der Waals surface area contributed by atoms with E-state index in [0.717, 1.165) is 18.6 Å². The van der Waals surface area contributed by atoms with Crippen molar-refractivity contribution in [1.29, 1.82) is 0 Å². The molecule has 0 aliphatic carbocycles. The molecule has 0 bridgehead atoms. The lowest BCUT2D eigenvalue weighted by Gasteiger charge is -2.18. The van der Waals surface area contributed by atoms with Crippen LogP contribution < -0.4 is 10.6 Å². The molecule has 0 saturated heterocycles. The number of aryl methyl sites for hydroxylation is 1. The zero-order valence-electron chi connectivity index (χ0n) is 10.1. The van der Waals surface area contributed by atoms with Gasteiger partial charge in [0.15, 0.2) is 0 Å². The SMILES string of the molecule is CNC(=O)C(C)NC(C)CCc1ccco1. The van der Waals surface area contributed by atoms with Gasteiger partial charge in [0.1, 0.15) is 5.76 Å². The molecule has 1 amide bonds. The fourth-order valence-corrected chi connectivity index (χ4v) is 1.62. The van der Waals surface area contributed by atoms with Crippen LogP contribution in [0.1, 0.15) is 26.0 Å². The van der Waals surface area contributed by atoms with Gasteiger partial charge in [-0.3, -0.25) is 4.79 Å². The number of hydrogen-bond acceptors (Lipinski definition) is 3. The van der Waals surface area contributed by atoms with E-state index in [9.17, 15) is 4.79 Å². The van der Waals surface area contributed by atoms with E-state index in [1.165, 1.54) is 0 Å². The van der Waals surface area contributed by atoms with E-state index in [1.807, 2.05) is 19.1 Å². The highest BCUT2D eigenvalue weighted by Crippen LogP contribution is 2.06. The lowest BCUT2D eigenvalue weighted by atomic mass is 10.1. The maximum absolute atomic E-state index is 11.3. The molecule has 0 saturated carbocycles.